The van der Waals surface area contributed by atoms with Gasteiger partial charge in [0.2, 0.25) is 0 Å². The van der Waals surface area contributed by atoms with Gasteiger partial charge < -0.3 is 10.1 Å². The van der Waals surface area contributed by atoms with E-state index in [4.69, 9.17) is 16.3 Å². The molecule has 0 saturated heterocycles. The molecule has 0 aromatic heterocycles. The number of hydrogen-bond donors (Lipinski definition) is 1. The number of azo groups is 1. The van der Waals surface area contributed by atoms with E-state index in [9.17, 15) is 14.9 Å². The van der Waals surface area contributed by atoms with E-state index in [1.807, 2.05) is 0 Å². The molecule has 0 aliphatic carbocycles. The normalized spacial score (nSPS) is 10.6. The van der Waals surface area contributed by atoms with E-state index in [1.54, 1.807) is 31.2 Å². The van der Waals surface area contributed by atoms with Crippen LogP contribution < -0.4 is 5.32 Å². The van der Waals surface area contributed by atoms with Crippen molar-refractivity contribution in [1.82, 2.24) is 0 Å². The fourth-order valence-corrected chi connectivity index (χ4v) is 2.12. The highest BCUT2D eigenvalue weighted by Gasteiger charge is 2.09. The van der Waals surface area contributed by atoms with Crippen LogP contribution in [0.25, 0.3) is 0 Å². The monoisotopic (exact) mass is 388 g/mol. The predicted molar refractivity (Wildman–Crippen MR) is 103 cm³/mol. The molecular weight excluding hydrogens is 372 g/mol. The number of esters is 1. The van der Waals surface area contributed by atoms with Crippen LogP contribution in [0.1, 0.15) is 6.92 Å². The van der Waals surface area contributed by atoms with Gasteiger partial charge in [-0.15, -0.1) is 5.11 Å². The van der Waals surface area contributed by atoms with Gasteiger partial charge >= 0.3 is 5.97 Å². The van der Waals surface area contributed by atoms with Crippen molar-refractivity contribution >= 4 is 40.3 Å². The lowest BCUT2D eigenvalue weighted by Gasteiger charge is -2.07. The van der Waals surface area contributed by atoms with Gasteiger partial charge in [0.05, 0.1) is 15.6 Å². The number of anilines is 1. The number of hydrogen-bond acceptors (Lipinski definition) is 7. The SMILES string of the molecule is C=C(C)C(=O)OCCNc1ccc(N=Nc2ccc([N+](=O)[O-])cc2Cl)cc1. The Labute approximate surface area is 160 Å². The Morgan fingerprint density at radius 2 is 1.96 bits per heavy atom. The Morgan fingerprint density at radius 3 is 2.56 bits per heavy atom. The third kappa shape index (κ3) is 6.19. The molecule has 8 nitrogen and oxygen atoms in total. The number of benzene rings is 2. The predicted octanol–water partition coefficient (Wildman–Crippen LogP) is 5.19. The highest BCUT2D eigenvalue weighted by atomic mass is 35.5. The molecule has 0 fully saturated rings. The Kier molecular flexibility index (Phi) is 7.01. The number of nitrogens with zero attached hydrogens (tertiary/aromatic N) is 3. The zero-order valence-electron chi connectivity index (χ0n) is 14.5. The summed E-state index contributed by atoms with van der Waals surface area (Å²) in [6.07, 6.45) is 0. The number of non-ortho nitro benzene ring substituents is 1. The van der Waals surface area contributed by atoms with Crippen LogP contribution in [0.2, 0.25) is 5.02 Å². The first-order valence-electron chi connectivity index (χ1n) is 7.89. The first kappa shape index (κ1) is 20.1. The van der Waals surface area contributed by atoms with Crippen LogP contribution in [-0.4, -0.2) is 24.0 Å². The molecule has 0 heterocycles. The van der Waals surface area contributed by atoms with Crippen molar-refractivity contribution in [3.05, 3.63) is 69.8 Å². The van der Waals surface area contributed by atoms with Gasteiger partial charge in [-0.05, 0) is 37.3 Å². The van der Waals surface area contributed by atoms with Crippen LogP contribution >= 0.6 is 11.6 Å². The largest absolute Gasteiger partial charge is 0.460 e. The van der Waals surface area contributed by atoms with Crippen molar-refractivity contribution in [2.75, 3.05) is 18.5 Å². The van der Waals surface area contributed by atoms with E-state index in [0.29, 0.717) is 23.5 Å². The average molecular weight is 389 g/mol. The first-order chi connectivity index (χ1) is 12.9. The molecule has 2 aromatic rings. The Balaban J connectivity index is 1.90. The van der Waals surface area contributed by atoms with Crippen molar-refractivity contribution in [3.63, 3.8) is 0 Å². The summed E-state index contributed by atoms with van der Waals surface area (Å²) in [7, 11) is 0. The maximum Gasteiger partial charge on any atom is 0.333 e. The third-order valence-electron chi connectivity index (χ3n) is 3.30. The standard InChI is InChI=1S/C18H17ClN4O4/c1-12(2)18(24)27-10-9-20-13-3-5-14(6-4-13)21-22-17-8-7-15(23(25)26)11-16(17)19/h3-8,11,20H,1,9-10H2,2H3. The smallest absolute Gasteiger partial charge is 0.333 e. The van der Waals surface area contributed by atoms with E-state index in [-0.39, 0.29) is 17.3 Å². The second-order valence-electron chi connectivity index (χ2n) is 5.48. The fraction of sp³-hybridized carbons (Fsp3) is 0.167. The van der Waals surface area contributed by atoms with Gasteiger partial charge in [-0.2, -0.15) is 5.11 Å². The molecule has 0 radical (unpaired) electrons. The topological polar surface area (TPSA) is 106 Å². The Morgan fingerprint density at radius 1 is 1.26 bits per heavy atom. The van der Waals surface area contributed by atoms with Gasteiger partial charge in [-0.25, -0.2) is 4.79 Å². The zero-order valence-corrected chi connectivity index (χ0v) is 15.3. The van der Waals surface area contributed by atoms with Crippen molar-refractivity contribution in [2.24, 2.45) is 10.2 Å². The fourth-order valence-electron chi connectivity index (χ4n) is 1.91. The summed E-state index contributed by atoms with van der Waals surface area (Å²) in [5.74, 6) is -0.419. The minimum atomic E-state index is -0.530. The number of nitrogens with one attached hydrogen (secondary N) is 1. The Bertz CT molecular complexity index is 881. The van der Waals surface area contributed by atoms with Gasteiger partial charge in [-0.3, -0.25) is 10.1 Å². The quantitative estimate of drug-likeness (QED) is 0.167. The number of carbonyl (C=O) groups excluding carboxylic acids is 1. The van der Waals surface area contributed by atoms with Crippen LogP contribution in [0.4, 0.5) is 22.7 Å². The molecular formula is C18H17ClN4O4. The van der Waals surface area contributed by atoms with Gasteiger partial charge in [0.1, 0.15) is 12.3 Å². The van der Waals surface area contributed by atoms with Gasteiger partial charge in [0.15, 0.2) is 0 Å². The lowest BCUT2D eigenvalue weighted by molar-refractivity contribution is -0.384. The molecule has 2 rings (SSSR count). The second-order valence-corrected chi connectivity index (χ2v) is 5.89. The molecule has 27 heavy (non-hydrogen) atoms. The molecule has 0 spiro atoms. The van der Waals surface area contributed by atoms with Crippen molar-refractivity contribution < 1.29 is 14.5 Å². The molecule has 0 unspecified atom stereocenters. The first-order valence-corrected chi connectivity index (χ1v) is 8.27. The molecule has 0 amide bonds. The summed E-state index contributed by atoms with van der Waals surface area (Å²) in [6.45, 7) is 5.78. The van der Waals surface area contributed by atoms with E-state index >= 15 is 0 Å². The Hall–Kier alpha value is -3.26. The van der Waals surface area contributed by atoms with Crippen LogP contribution in [0.5, 0.6) is 0 Å². The number of nitro benzene ring substituents is 1. The summed E-state index contributed by atoms with van der Waals surface area (Å²) >= 11 is 5.97. The lowest BCUT2D eigenvalue weighted by atomic mass is 10.3. The number of rotatable bonds is 8. The molecule has 9 heteroatoms. The maximum atomic E-state index is 11.2. The van der Waals surface area contributed by atoms with E-state index in [2.05, 4.69) is 22.1 Å². The highest BCUT2D eigenvalue weighted by Crippen LogP contribution is 2.30. The molecule has 0 aliphatic rings. The lowest BCUT2D eigenvalue weighted by Crippen LogP contribution is -2.13. The van der Waals surface area contributed by atoms with Crippen molar-refractivity contribution in [2.45, 2.75) is 6.92 Å². The van der Waals surface area contributed by atoms with Crippen LogP contribution in [0.3, 0.4) is 0 Å². The summed E-state index contributed by atoms with van der Waals surface area (Å²) in [6, 6.07) is 11.1. The third-order valence-corrected chi connectivity index (χ3v) is 3.60. The molecule has 0 bridgehead atoms. The summed E-state index contributed by atoms with van der Waals surface area (Å²) in [4.78, 5) is 21.4. The van der Waals surface area contributed by atoms with Gasteiger partial charge in [-0.1, -0.05) is 18.2 Å². The highest BCUT2D eigenvalue weighted by molar-refractivity contribution is 6.33. The van der Waals surface area contributed by atoms with Crippen molar-refractivity contribution in [3.8, 4) is 0 Å². The number of ether oxygens (including phenoxy) is 1. The molecule has 1 N–H and O–H groups in total. The number of nitro groups is 1. The second kappa shape index (κ2) is 9.44. The van der Waals surface area contributed by atoms with E-state index < -0.39 is 10.9 Å². The molecule has 2 aromatic carbocycles. The van der Waals surface area contributed by atoms with Crippen LogP contribution in [0, 0.1) is 10.1 Å². The summed E-state index contributed by atoms with van der Waals surface area (Å²) in [5, 5.41) is 22.0. The maximum absolute atomic E-state index is 11.2. The summed E-state index contributed by atoms with van der Waals surface area (Å²) in [5.41, 5.74) is 2.00. The van der Waals surface area contributed by atoms with Gasteiger partial charge in [0.25, 0.3) is 5.69 Å². The zero-order chi connectivity index (χ0) is 19.8. The molecule has 140 valence electrons. The molecule has 0 saturated carbocycles. The molecule has 0 atom stereocenters. The van der Waals surface area contributed by atoms with Crippen molar-refractivity contribution in [1.29, 1.82) is 0 Å². The minimum absolute atomic E-state index is 0.108. The number of carbonyl (C=O) groups is 1. The van der Waals surface area contributed by atoms with Crippen LogP contribution in [0.15, 0.2) is 64.8 Å². The van der Waals surface area contributed by atoms with E-state index in [0.717, 1.165) is 5.69 Å². The van der Waals surface area contributed by atoms with Crippen LogP contribution in [-0.2, 0) is 9.53 Å². The summed E-state index contributed by atoms with van der Waals surface area (Å²) < 4.78 is 4.98. The average Bonchev–Trinajstić information content (AvgIpc) is 2.64. The minimum Gasteiger partial charge on any atom is -0.460 e. The van der Waals surface area contributed by atoms with Gasteiger partial charge in [0, 0.05) is 29.9 Å². The molecule has 0 aliphatic heterocycles. The number of halogens is 1. The van der Waals surface area contributed by atoms with E-state index in [1.165, 1.54) is 18.2 Å².